The second kappa shape index (κ2) is 6.78. The Bertz CT molecular complexity index is 534. The minimum Gasteiger partial charge on any atom is -0.334 e. The first-order chi connectivity index (χ1) is 10.2. The molecule has 2 aliphatic rings. The molecule has 2 heterocycles. The van der Waals surface area contributed by atoms with Crippen molar-refractivity contribution in [2.45, 2.75) is 24.9 Å². The summed E-state index contributed by atoms with van der Waals surface area (Å²) in [5.41, 5.74) is 1.08. The minimum atomic E-state index is -0.0490. The summed E-state index contributed by atoms with van der Waals surface area (Å²) in [4.78, 5) is 14.7. The standard InChI is InChI=1S/C15H18Cl2N2OS/c16-11-4-3-10(8-12(11)17)14-2-1-6-19(14)15(20)13-9-21-7-5-18-13/h3-4,8,13-14,18H,1-2,5-7,9H2. The molecule has 1 amide bonds. The van der Waals surface area contributed by atoms with Crippen LogP contribution in [0.15, 0.2) is 18.2 Å². The molecule has 1 N–H and O–H groups in total. The molecule has 2 fully saturated rings. The third kappa shape index (κ3) is 3.34. The van der Waals surface area contributed by atoms with E-state index in [0.717, 1.165) is 43.0 Å². The molecule has 0 spiro atoms. The molecule has 0 aliphatic carbocycles. The first kappa shape index (κ1) is 15.5. The Hall–Kier alpha value is -0.420. The monoisotopic (exact) mass is 344 g/mol. The van der Waals surface area contributed by atoms with Gasteiger partial charge in [0.1, 0.15) is 0 Å². The third-order valence-corrected chi connectivity index (χ3v) is 5.88. The van der Waals surface area contributed by atoms with Crippen LogP contribution < -0.4 is 5.32 Å². The lowest BCUT2D eigenvalue weighted by Crippen LogP contribution is -2.50. The fourth-order valence-electron chi connectivity index (χ4n) is 3.02. The van der Waals surface area contributed by atoms with Crippen LogP contribution in [0.4, 0.5) is 0 Å². The number of amides is 1. The van der Waals surface area contributed by atoms with Gasteiger partial charge in [-0.25, -0.2) is 0 Å². The second-order valence-electron chi connectivity index (χ2n) is 5.44. The maximum absolute atomic E-state index is 12.7. The predicted molar refractivity (Wildman–Crippen MR) is 89.3 cm³/mol. The number of hydrogen-bond acceptors (Lipinski definition) is 3. The molecule has 0 bridgehead atoms. The predicted octanol–water partition coefficient (Wildman–Crippen LogP) is 3.36. The van der Waals surface area contributed by atoms with Crippen LogP contribution in [0.5, 0.6) is 0 Å². The Balaban J connectivity index is 1.78. The molecule has 2 aliphatic heterocycles. The normalized spacial score (nSPS) is 26.1. The lowest BCUT2D eigenvalue weighted by Gasteiger charge is -2.31. The van der Waals surface area contributed by atoms with Crippen LogP contribution in [0.2, 0.25) is 10.0 Å². The molecule has 3 rings (SSSR count). The zero-order chi connectivity index (χ0) is 14.8. The van der Waals surface area contributed by atoms with Crippen molar-refractivity contribution in [3.05, 3.63) is 33.8 Å². The summed E-state index contributed by atoms with van der Waals surface area (Å²) in [7, 11) is 0. The van der Waals surface area contributed by atoms with E-state index in [4.69, 9.17) is 23.2 Å². The molecule has 0 saturated carbocycles. The Kier molecular flexibility index (Phi) is 4.99. The van der Waals surface area contributed by atoms with Crippen molar-refractivity contribution in [1.29, 1.82) is 0 Å². The molecule has 1 aromatic rings. The van der Waals surface area contributed by atoms with E-state index in [-0.39, 0.29) is 18.0 Å². The van der Waals surface area contributed by atoms with Gasteiger partial charge in [0.2, 0.25) is 5.91 Å². The van der Waals surface area contributed by atoms with E-state index in [9.17, 15) is 4.79 Å². The number of carbonyl (C=O) groups is 1. The van der Waals surface area contributed by atoms with Crippen LogP contribution in [0.3, 0.4) is 0 Å². The van der Waals surface area contributed by atoms with Crippen LogP contribution in [0, 0.1) is 0 Å². The van der Waals surface area contributed by atoms with E-state index in [1.807, 2.05) is 34.9 Å². The fraction of sp³-hybridized carbons (Fsp3) is 0.533. The highest BCUT2D eigenvalue weighted by atomic mass is 35.5. The van der Waals surface area contributed by atoms with Gasteiger partial charge in [-0.1, -0.05) is 29.3 Å². The Labute approximate surface area is 139 Å². The third-order valence-electron chi connectivity index (χ3n) is 4.08. The van der Waals surface area contributed by atoms with E-state index >= 15 is 0 Å². The maximum Gasteiger partial charge on any atom is 0.241 e. The number of hydrogen-bond donors (Lipinski definition) is 1. The number of likely N-dealkylation sites (tertiary alicyclic amines) is 1. The lowest BCUT2D eigenvalue weighted by atomic mass is 10.0. The zero-order valence-electron chi connectivity index (χ0n) is 11.6. The number of nitrogens with one attached hydrogen (secondary N) is 1. The molecule has 1 aromatic carbocycles. The van der Waals surface area contributed by atoms with Crippen LogP contribution in [-0.4, -0.2) is 41.4 Å². The molecule has 6 heteroatoms. The van der Waals surface area contributed by atoms with Crippen molar-refractivity contribution in [2.24, 2.45) is 0 Å². The second-order valence-corrected chi connectivity index (χ2v) is 7.41. The summed E-state index contributed by atoms with van der Waals surface area (Å²) in [6.45, 7) is 1.74. The van der Waals surface area contributed by atoms with Crippen molar-refractivity contribution < 1.29 is 4.79 Å². The van der Waals surface area contributed by atoms with E-state index in [0.29, 0.717) is 10.0 Å². The molecular formula is C15H18Cl2N2OS. The van der Waals surface area contributed by atoms with Crippen molar-refractivity contribution in [3.8, 4) is 0 Å². The average Bonchev–Trinajstić information content (AvgIpc) is 2.99. The smallest absolute Gasteiger partial charge is 0.241 e. The van der Waals surface area contributed by atoms with Crippen LogP contribution in [-0.2, 0) is 4.79 Å². The number of thioether (sulfide) groups is 1. The summed E-state index contributed by atoms with van der Waals surface area (Å²) >= 11 is 13.9. The molecule has 2 saturated heterocycles. The van der Waals surface area contributed by atoms with Crippen LogP contribution >= 0.6 is 35.0 Å². The summed E-state index contributed by atoms with van der Waals surface area (Å²) in [6, 6.07) is 5.76. The number of halogens is 2. The van der Waals surface area contributed by atoms with Crippen molar-refractivity contribution in [3.63, 3.8) is 0 Å². The SMILES string of the molecule is O=C(C1CSCCN1)N1CCCC1c1ccc(Cl)c(Cl)c1. The molecule has 21 heavy (non-hydrogen) atoms. The first-order valence-corrected chi connectivity index (χ1v) is 9.14. The van der Waals surface area contributed by atoms with E-state index in [1.165, 1.54) is 0 Å². The van der Waals surface area contributed by atoms with Crippen molar-refractivity contribution >= 4 is 40.9 Å². The highest BCUT2D eigenvalue weighted by Gasteiger charge is 2.34. The van der Waals surface area contributed by atoms with E-state index in [1.54, 1.807) is 0 Å². The van der Waals surface area contributed by atoms with Gasteiger partial charge in [0.15, 0.2) is 0 Å². The number of carbonyl (C=O) groups excluding carboxylic acids is 1. The molecule has 0 radical (unpaired) electrons. The van der Waals surface area contributed by atoms with Crippen LogP contribution in [0.1, 0.15) is 24.4 Å². The van der Waals surface area contributed by atoms with Crippen molar-refractivity contribution in [2.75, 3.05) is 24.6 Å². The number of rotatable bonds is 2. The van der Waals surface area contributed by atoms with Gasteiger partial charge < -0.3 is 10.2 Å². The Morgan fingerprint density at radius 1 is 1.33 bits per heavy atom. The largest absolute Gasteiger partial charge is 0.334 e. The molecular weight excluding hydrogens is 327 g/mol. The van der Waals surface area contributed by atoms with Gasteiger partial charge in [-0.05, 0) is 30.5 Å². The van der Waals surface area contributed by atoms with Gasteiger partial charge in [0, 0.05) is 24.6 Å². The molecule has 2 unspecified atom stereocenters. The lowest BCUT2D eigenvalue weighted by molar-refractivity contribution is -0.133. The molecule has 3 nitrogen and oxygen atoms in total. The quantitative estimate of drug-likeness (QED) is 0.892. The highest BCUT2D eigenvalue weighted by molar-refractivity contribution is 7.99. The van der Waals surface area contributed by atoms with Gasteiger partial charge in [0.25, 0.3) is 0 Å². The van der Waals surface area contributed by atoms with Gasteiger partial charge in [-0.3, -0.25) is 4.79 Å². The highest BCUT2D eigenvalue weighted by Crippen LogP contribution is 2.35. The summed E-state index contributed by atoms with van der Waals surface area (Å²) in [5, 5.41) is 4.44. The summed E-state index contributed by atoms with van der Waals surface area (Å²) < 4.78 is 0. The van der Waals surface area contributed by atoms with Gasteiger partial charge in [0.05, 0.1) is 22.1 Å². The van der Waals surface area contributed by atoms with E-state index in [2.05, 4.69) is 5.32 Å². The van der Waals surface area contributed by atoms with Gasteiger partial charge in [-0.2, -0.15) is 11.8 Å². The Morgan fingerprint density at radius 2 is 2.19 bits per heavy atom. The average molecular weight is 345 g/mol. The topological polar surface area (TPSA) is 32.3 Å². The molecule has 114 valence electrons. The number of nitrogens with zero attached hydrogens (tertiary/aromatic N) is 1. The van der Waals surface area contributed by atoms with E-state index < -0.39 is 0 Å². The maximum atomic E-state index is 12.7. The first-order valence-electron chi connectivity index (χ1n) is 7.23. The minimum absolute atomic E-state index is 0.0490. The fourth-order valence-corrected chi connectivity index (χ4v) is 4.25. The molecule has 2 atom stereocenters. The summed E-state index contributed by atoms with van der Waals surface area (Å²) in [5.74, 6) is 2.17. The van der Waals surface area contributed by atoms with Crippen LogP contribution in [0.25, 0.3) is 0 Å². The number of benzene rings is 1. The zero-order valence-corrected chi connectivity index (χ0v) is 14.0. The van der Waals surface area contributed by atoms with Gasteiger partial charge in [-0.15, -0.1) is 0 Å². The molecule has 0 aromatic heterocycles. The summed E-state index contributed by atoms with van der Waals surface area (Å²) in [6.07, 6.45) is 2.03. The Morgan fingerprint density at radius 3 is 2.90 bits per heavy atom. The van der Waals surface area contributed by atoms with Gasteiger partial charge >= 0.3 is 0 Å². The van der Waals surface area contributed by atoms with Crippen molar-refractivity contribution in [1.82, 2.24) is 10.2 Å².